The number of rotatable bonds is 5. The summed E-state index contributed by atoms with van der Waals surface area (Å²) in [6.45, 7) is 1.89. The van der Waals surface area contributed by atoms with Gasteiger partial charge in [0.25, 0.3) is 0 Å². The first kappa shape index (κ1) is 20.3. The van der Waals surface area contributed by atoms with E-state index in [0.717, 1.165) is 28.3 Å². The monoisotopic (exact) mass is 416 g/mol. The van der Waals surface area contributed by atoms with E-state index in [-0.39, 0.29) is 11.6 Å². The van der Waals surface area contributed by atoms with Crippen LogP contribution in [0.1, 0.15) is 23.6 Å². The van der Waals surface area contributed by atoms with Gasteiger partial charge < -0.3 is 9.84 Å². The molecule has 154 valence electrons. The van der Waals surface area contributed by atoms with Gasteiger partial charge in [-0.25, -0.2) is 13.6 Å². The molecule has 0 bridgehead atoms. The molecule has 3 aromatic rings. The molecular formula is C26H18F2O3. The van der Waals surface area contributed by atoms with Crippen LogP contribution in [0.15, 0.2) is 84.5 Å². The Balaban J connectivity index is 1.66. The molecule has 1 aliphatic carbocycles. The van der Waals surface area contributed by atoms with E-state index in [0.29, 0.717) is 22.6 Å². The maximum Gasteiger partial charge on any atom is 0.328 e. The lowest BCUT2D eigenvalue weighted by molar-refractivity contribution is -0.131. The van der Waals surface area contributed by atoms with Gasteiger partial charge in [-0.05, 0) is 101 Å². The number of carbonyl (C=O) groups is 1. The summed E-state index contributed by atoms with van der Waals surface area (Å²) in [6, 6.07) is 17.7. The number of halogens is 2. The lowest BCUT2D eigenvalue weighted by Crippen LogP contribution is -1.88. The molecule has 0 radical (unpaired) electrons. The van der Waals surface area contributed by atoms with Crippen molar-refractivity contribution in [3.8, 4) is 11.5 Å². The Morgan fingerprint density at radius 1 is 0.871 bits per heavy atom. The third-order valence-electron chi connectivity index (χ3n) is 5.00. The molecule has 0 amide bonds. The van der Waals surface area contributed by atoms with Crippen LogP contribution in [0.5, 0.6) is 11.5 Å². The summed E-state index contributed by atoms with van der Waals surface area (Å²) in [5.41, 5.74) is 4.85. The number of fused-ring (bicyclic) bond motifs is 1. The number of benzene rings is 3. The number of hydrogen-bond donors (Lipinski definition) is 1. The molecule has 0 saturated heterocycles. The van der Waals surface area contributed by atoms with E-state index >= 15 is 0 Å². The van der Waals surface area contributed by atoms with Crippen molar-refractivity contribution < 1.29 is 23.4 Å². The van der Waals surface area contributed by atoms with Gasteiger partial charge in [0, 0.05) is 6.08 Å². The minimum atomic E-state index is -1.06. The van der Waals surface area contributed by atoms with E-state index < -0.39 is 5.97 Å². The van der Waals surface area contributed by atoms with Gasteiger partial charge in [0.1, 0.15) is 23.1 Å². The van der Waals surface area contributed by atoms with Gasteiger partial charge in [-0.3, -0.25) is 0 Å². The first-order valence-electron chi connectivity index (χ1n) is 9.58. The van der Waals surface area contributed by atoms with Crippen LogP contribution in [0.25, 0.3) is 17.2 Å². The van der Waals surface area contributed by atoms with E-state index in [1.54, 1.807) is 30.3 Å². The van der Waals surface area contributed by atoms with Gasteiger partial charge in [0.15, 0.2) is 0 Å². The molecule has 4 rings (SSSR count). The number of hydrogen-bond acceptors (Lipinski definition) is 2. The smallest absolute Gasteiger partial charge is 0.328 e. The van der Waals surface area contributed by atoms with E-state index in [9.17, 15) is 13.6 Å². The number of ether oxygens (including phenoxy) is 1. The second-order valence-electron chi connectivity index (χ2n) is 7.08. The van der Waals surface area contributed by atoms with Crippen LogP contribution in [0.3, 0.4) is 0 Å². The topological polar surface area (TPSA) is 46.5 Å². The number of aliphatic carboxylic acids is 1. The Hall–Kier alpha value is -3.99. The quantitative estimate of drug-likeness (QED) is 0.469. The Kier molecular flexibility index (Phi) is 5.50. The molecular weight excluding hydrogens is 398 g/mol. The Morgan fingerprint density at radius 3 is 2.13 bits per heavy atom. The zero-order valence-electron chi connectivity index (χ0n) is 16.6. The Labute approximate surface area is 178 Å². The summed E-state index contributed by atoms with van der Waals surface area (Å²) in [6.07, 6.45) is 4.52. The summed E-state index contributed by atoms with van der Waals surface area (Å²) in [5.74, 6) is -0.622. The molecule has 0 aromatic heterocycles. The van der Waals surface area contributed by atoms with Gasteiger partial charge in [-0.2, -0.15) is 0 Å². The minimum absolute atomic E-state index is 0.327. The van der Waals surface area contributed by atoms with Crippen molar-refractivity contribution in [1.29, 1.82) is 0 Å². The fourth-order valence-corrected chi connectivity index (χ4v) is 3.52. The van der Waals surface area contributed by atoms with E-state index in [1.807, 2.05) is 25.1 Å². The van der Waals surface area contributed by atoms with Crippen LogP contribution < -0.4 is 4.74 Å². The molecule has 1 N–H and O–H groups in total. The molecule has 3 nitrogen and oxygen atoms in total. The Morgan fingerprint density at radius 2 is 1.48 bits per heavy atom. The SMILES string of the molecule is CC1=C(C=CC(=O)O)c2cc(F)ccc2/C1=C\c1ccc(Oc2ccc(F)cc2)cc1. The fourth-order valence-electron chi connectivity index (χ4n) is 3.52. The zero-order chi connectivity index (χ0) is 22.0. The second kappa shape index (κ2) is 8.40. The van der Waals surface area contributed by atoms with Gasteiger partial charge in [-0.15, -0.1) is 0 Å². The average Bonchev–Trinajstić information content (AvgIpc) is 2.99. The van der Waals surface area contributed by atoms with Crippen molar-refractivity contribution in [1.82, 2.24) is 0 Å². The molecule has 0 fully saturated rings. The van der Waals surface area contributed by atoms with Crippen LogP contribution in [0.2, 0.25) is 0 Å². The number of allylic oxidation sites excluding steroid dienone is 4. The van der Waals surface area contributed by atoms with Crippen LogP contribution in [0.4, 0.5) is 8.78 Å². The van der Waals surface area contributed by atoms with Crippen LogP contribution in [-0.2, 0) is 4.79 Å². The summed E-state index contributed by atoms with van der Waals surface area (Å²) >= 11 is 0. The van der Waals surface area contributed by atoms with E-state index in [4.69, 9.17) is 9.84 Å². The largest absolute Gasteiger partial charge is 0.478 e. The molecule has 0 unspecified atom stereocenters. The molecule has 31 heavy (non-hydrogen) atoms. The average molecular weight is 416 g/mol. The van der Waals surface area contributed by atoms with Crippen molar-refractivity contribution >= 4 is 23.2 Å². The van der Waals surface area contributed by atoms with Crippen molar-refractivity contribution in [3.05, 3.63) is 113 Å². The summed E-state index contributed by atoms with van der Waals surface area (Å²) < 4.78 is 32.6. The first-order valence-corrected chi connectivity index (χ1v) is 9.58. The molecule has 0 heterocycles. The van der Waals surface area contributed by atoms with Crippen LogP contribution in [-0.4, -0.2) is 11.1 Å². The van der Waals surface area contributed by atoms with Crippen molar-refractivity contribution in [2.24, 2.45) is 0 Å². The summed E-state index contributed by atoms with van der Waals surface area (Å²) in [4.78, 5) is 11.0. The Bertz CT molecular complexity index is 1230. The first-order chi connectivity index (χ1) is 14.9. The summed E-state index contributed by atoms with van der Waals surface area (Å²) in [7, 11) is 0. The molecule has 3 aromatic carbocycles. The summed E-state index contributed by atoms with van der Waals surface area (Å²) in [5, 5.41) is 8.98. The molecule has 0 saturated carbocycles. The third kappa shape index (κ3) is 4.46. The number of carboxylic acid groups (broad SMARTS) is 1. The van der Waals surface area contributed by atoms with Crippen molar-refractivity contribution in [3.63, 3.8) is 0 Å². The third-order valence-corrected chi connectivity index (χ3v) is 5.00. The predicted octanol–water partition coefficient (Wildman–Crippen LogP) is 6.73. The predicted molar refractivity (Wildman–Crippen MR) is 117 cm³/mol. The molecule has 0 aliphatic heterocycles. The highest BCUT2D eigenvalue weighted by molar-refractivity contribution is 6.08. The highest BCUT2D eigenvalue weighted by Gasteiger charge is 2.22. The van der Waals surface area contributed by atoms with E-state index in [1.165, 1.54) is 30.3 Å². The van der Waals surface area contributed by atoms with Gasteiger partial charge >= 0.3 is 5.97 Å². The van der Waals surface area contributed by atoms with Crippen molar-refractivity contribution in [2.45, 2.75) is 6.92 Å². The highest BCUT2D eigenvalue weighted by Crippen LogP contribution is 2.43. The molecule has 5 heteroatoms. The second-order valence-corrected chi connectivity index (χ2v) is 7.08. The van der Waals surface area contributed by atoms with Gasteiger partial charge in [-0.1, -0.05) is 18.2 Å². The van der Waals surface area contributed by atoms with E-state index in [2.05, 4.69) is 0 Å². The number of carboxylic acids is 1. The zero-order valence-corrected chi connectivity index (χ0v) is 16.6. The molecule has 1 aliphatic rings. The normalized spacial score (nSPS) is 14.4. The maximum absolute atomic E-state index is 13.8. The van der Waals surface area contributed by atoms with Crippen LogP contribution >= 0.6 is 0 Å². The minimum Gasteiger partial charge on any atom is -0.478 e. The van der Waals surface area contributed by atoms with Gasteiger partial charge in [0.2, 0.25) is 0 Å². The van der Waals surface area contributed by atoms with Crippen LogP contribution in [0, 0.1) is 11.6 Å². The maximum atomic E-state index is 13.8. The molecule has 0 spiro atoms. The lowest BCUT2D eigenvalue weighted by atomic mass is 10.0. The molecule has 0 atom stereocenters. The van der Waals surface area contributed by atoms with Crippen molar-refractivity contribution in [2.75, 3.05) is 0 Å². The van der Waals surface area contributed by atoms with Gasteiger partial charge in [0.05, 0.1) is 0 Å². The standard InChI is InChI=1S/C26H18F2O3/c1-16-22(12-13-26(29)30)25-15-19(28)6-11-23(25)24(16)14-17-2-7-20(8-3-17)31-21-9-4-18(27)5-10-21/h2-15H,1H3,(H,29,30)/b13-12?,24-14-. The highest BCUT2D eigenvalue weighted by atomic mass is 19.1. The lowest BCUT2D eigenvalue weighted by Gasteiger charge is -2.07. The fraction of sp³-hybridized carbons (Fsp3) is 0.0385.